The number of carbonyl (C=O) groups excluding carboxylic acids is 3. The van der Waals surface area contributed by atoms with Gasteiger partial charge in [0, 0.05) is 35.1 Å². The molecule has 1 aliphatic heterocycles. The van der Waals surface area contributed by atoms with E-state index in [0.717, 1.165) is 25.0 Å². The van der Waals surface area contributed by atoms with Crippen molar-refractivity contribution in [3.05, 3.63) is 103 Å². The first-order chi connectivity index (χ1) is 24.1. The molecule has 1 saturated heterocycles. The Kier molecular flexibility index (Phi) is 13.6. The minimum Gasteiger partial charge on any atom is -0.461 e. The lowest BCUT2D eigenvalue weighted by atomic mass is 9.81. The Hall–Kier alpha value is -5.54. The van der Waals surface area contributed by atoms with Crippen LogP contribution < -0.4 is 0 Å². The summed E-state index contributed by atoms with van der Waals surface area (Å²) in [4.78, 5) is 47.4. The van der Waals surface area contributed by atoms with E-state index in [1.807, 2.05) is 60.7 Å². The summed E-state index contributed by atoms with van der Waals surface area (Å²) in [6, 6.07) is 14.4. The van der Waals surface area contributed by atoms with E-state index >= 15 is 0 Å². The van der Waals surface area contributed by atoms with Gasteiger partial charge in [-0.15, -0.1) is 0 Å². The van der Waals surface area contributed by atoms with Gasteiger partial charge in [0.2, 0.25) is 0 Å². The maximum atomic E-state index is 13.4. The Morgan fingerprint density at radius 3 is 1.96 bits per heavy atom. The standard InChI is InChI=1S/C31H36N10O9/c1-18(42)47-27-24(36-39-33)28(48-19(2)43)26(44)29(25(27)37-40-34)50-30-23(35-38-32)14-13-22(49-30)16-41(15-20-9-5-3-6-10-20)31(45)46-17-21-11-7-4-8-12-21/h3-12,22-30,44H,13-17H2,1-2H3. The first-order valence-corrected chi connectivity index (χ1v) is 15.6. The summed E-state index contributed by atoms with van der Waals surface area (Å²) < 4.78 is 28.7. The van der Waals surface area contributed by atoms with E-state index in [0.29, 0.717) is 6.42 Å². The topological polar surface area (TPSA) is 267 Å². The number of esters is 2. The minimum atomic E-state index is -1.81. The molecule has 264 valence electrons. The van der Waals surface area contributed by atoms with Crippen molar-refractivity contribution in [2.24, 2.45) is 15.3 Å². The maximum Gasteiger partial charge on any atom is 0.410 e. The fraction of sp³-hybridized carbons (Fsp3) is 0.516. The second kappa shape index (κ2) is 18.3. The van der Waals surface area contributed by atoms with E-state index < -0.39 is 73.0 Å². The number of azide groups is 3. The molecule has 1 aliphatic carbocycles. The Balaban J connectivity index is 1.61. The molecular weight excluding hydrogens is 656 g/mol. The first-order valence-electron chi connectivity index (χ1n) is 15.6. The highest BCUT2D eigenvalue weighted by atomic mass is 16.7. The highest BCUT2D eigenvalue weighted by molar-refractivity contribution is 5.68. The summed E-state index contributed by atoms with van der Waals surface area (Å²) in [5, 5.41) is 22.5. The van der Waals surface area contributed by atoms with Crippen LogP contribution in [0.4, 0.5) is 4.79 Å². The molecule has 0 spiro atoms. The number of nitrogens with zero attached hydrogens (tertiary/aromatic N) is 10. The number of benzene rings is 2. The zero-order chi connectivity index (χ0) is 36.0. The molecule has 1 saturated carbocycles. The van der Waals surface area contributed by atoms with Crippen LogP contribution in [0.2, 0.25) is 0 Å². The number of hydrogen-bond acceptors (Lipinski definition) is 12. The number of hydrogen-bond donors (Lipinski definition) is 1. The van der Waals surface area contributed by atoms with Crippen molar-refractivity contribution in [2.45, 2.75) is 94.8 Å². The predicted octanol–water partition coefficient (Wildman–Crippen LogP) is 4.99. The average molecular weight is 693 g/mol. The SMILES string of the molecule is CC(=O)OC1C(O)C(OC2OC(CN(Cc3ccccc3)C(=O)OCc3ccccc3)CCC2N=[N+]=[N-])C(N=[N+]=[N-])C(OC(C)=O)C1N=[N+]=[N-]. The van der Waals surface area contributed by atoms with E-state index in [4.69, 9.17) is 23.7 Å². The third-order valence-corrected chi connectivity index (χ3v) is 8.01. The Labute approximate surface area is 285 Å². The first kappa shape index (κ1) is 37.3. The number of amides is 1. The van der Waals surface area contributed by atoms with Gasteiger partial charge in [-0.1, -0.05) is 76.0 Å². The molecule has 9 unspecified atom stereocenters. The summed E-state index contributed by atoms with van der Waals surface area (Å²) in [5.41, 5.74) is 29.6. The van der Waals surface area contributed by atoms with E-state index in [1.54, 1.807) is 0 Å². The van der Waals surface area contributed by atoms with Crippen LogP contribution in [0.5, 0.6) is 0 Å². The van der Waals surface area contributed by atoms with E-state index in [1.165, 1.54) is 4.90 Å². The lowest BCUT2D eigenvalue weighted by Gasteiger charge is -2.47. The molecule has 0 radical (unpaired) electrons. The van der Waals surface area contributed by atoms with Crippen LogP contribution in [0.15, 0.2) is 76.0 Å². The van der Waals surface area contributed by atoms with Crippen molar-refractivity contribution >= 4 is 18.0 Å². The Morgan fingerprint density at radius 2 is 1.38 bits per heavy atom. The fourth-order valence-corrected chi connectivity index (χ4v) is 5.87. The quantitative estimate of drug-likeness (QED) is 0.0972. The minimum absolute atomic E-state index is 0.0173. The van der Waals surface area contributed by atoms with Crippen LogP contribution in [-0.2, 0) is 46.4 Å². The zero-order valence-corrected chi connectivity index (χ0v) is 27.2. The van der Waals surface area contributed by atoms with Crippen molar-refractivity contribution in [1.82, 2.24) is 4.90 Å². The number of rotatable bonds is 13. The lowest BCUT2D eigenvalue weighted by Crippen LogP contribution is -2.66. The van der Waals surface area contributed by atoms with E-state index in [-0.39, 0.29) is 26.1 Å². The summed E-state index contributed by atoms with van der Waals surface area (Å²) in [7, 11) is 0. The summed E-state index contributed by atoms with van der Waals surface area (Å²) in [5.74, 6) is -1.73. The molecule has 2 fully saturated rings. The average Bonchev–Trinajstić information content (AvgIpc) is 3.10. The zero-order valence-electron chi connectivity index (χ0n) is 27.2. The highest BCUT2D eigenvalue weighted by Gasteiger charge is 2.55. The van der Waals surface area contributed by atoms with Gasteiger partial charge in [-0.2, -0.15) is 0 Å². The molecule has 1 amide bonds. The van der Waals surface area contributed by atoms with Crippen LogP contribution in [0.3, 0.4) is 0 Å². The molecule has 50 heavy (non-hydrogen) atoms. The second-order valence-corrected chi connectivity index (χ2v) is 11.5. The van der Waals surface area contributed by atoms with E-state index in [2.05, 4.69) is 30.1 Å². The second-order valence-electron chi connectivity index (χ2n) is 11.5. The molecule has 2 aromatic carbocycles. The van der Waals surface area contributed by atoms with E-state index in [9.17, 15) is 36.1 Å². The number of ether oxygens (including phenoxy) is 5. The third-order valence-electron chi connectivity index (χ3n) is 8.01. The van der Waals surface area contributed by atoms with Crippen molar-refractivity contribution in [3.63, 3.8) is 0 Å². The van der Waals surface area contributed by atoms with Gasteiger partial charge in [-0.3, -0.25) is 9.59 Å². The molecule has 0 bridgehead atoms. The van der Waals surface area contributed by atoms with Gasteiger partial charge in [-0.05, 0) is 40.6 Å². The molecule has 2 aliphatic rings. The smallest absolute Gasteiger partial charge is 0.410 e. The number of aliphatic hydroxyl groups is 1. The summed E-state index contributed by atoms with van der Waals surface area (Å²) >= 11 is 0. The third kappa shape index (κ3) is 9.99. The monoisotopic (exact) mass is 692 g/mol. The van der Waals surface area contributed by atoms with Crippen LogP contribution in [0.25, 0.3) is 31.3 Å². The normalized spacial score (nSPS) is 27.2. The molecule has 4 rings (SSSR count). The number of carbonyl (C=O) groups is 3. The largest absolute Gasteiger partial charge is 0.461 e. The summed E-state index contributed by atoms with van der Waals surface area (Å²) in [6.07, 6.45) is -8.74. The predicted molar refractivity (Wildman–Crippen MR) is 172 cm³/mol. The van der Waals surface area contributed by atoms with Gasteiger partial charge in [0.15, 0.2) is 6.29 Å². The Morgan fingerprint density at radius 1 is 0.820 bits per heavy atom. The van der Waals surface area contributed by atoms with Gasteiger partial charge in [0.25, 0.3) is 0 Å². The van der Waals surface area contributed by atoms with Crippen molar-refractivity contribution in [2.75, 3.05) is 6.54 Å². The molecule has 1 N–H and O–H groups in total. The fourth-order valence-electron chi connectivity index (χ4n) is 5.87. The van der Waals surface area contributed by atoms with Crippen LogP contribution >= 0.6 is 0 Å². The Bertz CT molecular complexity index is 1620. The van der Waals surface area contributed by atoms with Gasteiger partial charge < -0.3 is 33.7 Å². The van der Waals surface area contributed by atoms with Gasteiger partial charge >= 0.3 is 18.0 Å². The molecule has 1 heterocycles. The van der Waals surface area contributed by atoms with Crippen LogP contribution in [0, 0.1) is 0 Å². The molecule has 9 atom stereocenters. The molecule has 19 nitrogen and oxygen atoms in total. The van der Waals surface area contributed by atoms with Crippen LogP contribution in [0.1, 0.15) is 37.8 Å². The lowest BCUT2D eigenvalue weighted by molar-refractivity contribution is -0.264. The molecule has 2 aromatic rings. The van der Waals surface area contributed by atoms with Crippen molar-refractivity contribution < 1.29 is 43.2 Å². The number of aliphatic hydroxyl groups excluding tert-OH is 1. The highest BCUT2D eigenvalue weighted by Crippen LogP contribution is 2.35. The van der Waals surface area contributed by atoms with Crippen molar-refractivity contribution in [3.8, 4) is 0 Å². The molecule has 19 heteroatoms. The van der Waals surface area contributed by atoms with Gasteiger partial charge in [0.05, 0.1) is 18.7 Å². The van der Waals surface area contributed by atoms with Gasteiger partial charge in [-0.25, -0.2) is 4.79 Å². The summed E-state index contributed by atoms with van der Waals surface area (Å²) in [6.45, 7) is 2.33. The molecule has 0 aromatic heterocycles. The maximum absolute atomic E-state index is 13.4. The van der Waals surface area contributed by atoms with Crippen molar-refractivity contribution in [1.29, 1.82) is 0 Å². The van der Waals surface area contributed by atoms with Crippen LogP contribution in [-0.4, -0.2) is 89.5 Å². The van der Waals surface area contributed by atoms with Gasteiger partial charge in [0.1, 0.15) is 43.1 Å². The molecular formula is C31H36N10O9.